The van der Waals surface area contributed by atoms with Crippen molar-refractivity contribution in [1.29, 1.82) is 0 Å². The lowest BCUT2D eigenvalue weighted by molar-refractivity contribution is 0.0698. The number of fused-ring (bicyclic) bond motifs is 1. The molecule has 0 fully saturated rings. The summed E-state index contributed by atoms with van der Waals surface area (Å²) in [5.41, 5.74) is 0.895. The van der Waals surface area contributed by atoms with Crippen LogP contribution in [0.15, 0.2) is 48.8 Å². The van der Waals surface area contributed by atoms with Crippen molar-refractivity contribution < 1.29 is 14.6 Å². The molecule has 0 aliphatic carbocycles. The number of nitrogens with zero attached hydrogens (tertiary/aromatic N) is 2. The van der Waals surface area contributed by atoms with E-state index in [1.165, 1.54) is 6.20 Å². The first-order chi connectivity index (χ1) is 10.2. The van der Waals surface area contributed by atoms with E-state index < -0.39 is 5.97 Å². The van der Waals surface area contributed by atoms with Crippen molar-refractivity contribution in [2.75, 3.05) is 0 Å². The van der Waals surface area contributed by atoms with E-state index in [-0.39, 0.29) is 5.56 Å². The Bertz CT molecular complexity index is 831. The molecule has 5 nitrogen and oxygen atoms in total. The van der Waals surface area contributed by atoms with Crippen molar-refractivity contribution in [1.82, 2.24) is 9.97 Å². The van der Waals surface area contributed by atoms with Crippen LogP contribution < -0.4 is 4.74 Å². The predicted octanol–water partition coefficient (Wildman–Crippen LogP) is 3.43. The topological polar surface area (TPSA) is 72.3 Å². The van der Waals surface area contributed by atoms with Crippen LogP contribution in [0.3, 0.4) is 0 Å². The Hall–Kier alpha value is -2.95. The minimum atomic E-state index is -1.01. The molecule has 0 saturated heterocycles. The number of carbonyl (C=O) groups is 1. The second-order valence-corrected chi connectivity index (χ2v) is 4.52. The Morgan fingerprint density at radius 2 is 1.86 bits per heavy atom. The Morgan fingerprint density at radius 1 is 1.10 bits per heavy atom. The number of hydrogen-bond donors (Lipinski definition) is 1. The van der Waals surface area contributed by atoms with Gasteiger partial charge < -0.3 is 9.84 Å². The van der Waals surface area contributed by atoms with Crippen molar-refractivity contribution in [3.8, 4) is 11.6 Å². The predicted molar refractivity (Wildman–Crippen MR) is 77.8 cm³/mol. The van der Waals surface area contributed by atoms with Gasteiger partial charge in [0, 0.05) is 23.2 Å². The zero-order valence-corrected chi connectivity index (χ0v) is 11.3. The van der Waals surface area contributed by atoms with Crippen LogP contribution in [0.25, 0.3) is 10.8 Å². The molecule has 0 spiro atoms. The highest BCUT2D eigenvalue weighted by Gasteiger charge is 2.14. The van der Waals surface area contributed by atoms with Crippen LogP contribution in [0.1, 0.15) is 16.1 Å². The van der Waals surface area contributed by atoms with E-state index in [9.17, 15) is 9.90 Å². The monoisotopic (exact) mass is 280 g/mol. The van der Waals surface area contributed by atoms with Crippen molar-refractivity contribution in [2.45, 2.75) is 6.92 Å². The van der Waals surface area contributed by atoms with Crippen LogP contribution in [0.5, 0.6) is 11.6 Å². The van der Waals surface area contributed by atoms with Crippen LogP contribution in [0, 0.1) is 6.92 Å². The summed E-state index contributed by atoms with van der Waals surface area (Å²) in [5, 5.41) is 10.5. The van der Waals surface area contributed by atoms with E-state index in [1.54, 1.807) is 36.5 Å². The van der Waals surface area contributed by atoms with Crippen LogP contribution in [-0.2, 0) is 0 Å². The molecule has 2 heterocycles. The van der Waals surface area contributed by atoms with Crippen molar-refractivity contribution in [3.63, 3.8) is 0 Å². The molecule has 1 N–H and O–H groups in total. The number of carboxylic acid groups (broad SMARTS) is 1. The second kappa shape index (κ2) is 5.20. The van der Waals surface area contributed by atoms with Gasteiger partial charge >= 0.3 is 5.97 Å². The number of ether oxygens (including phenoxy) is 1. The fraction of sp³-hybridized carbons (Fsp3) is 0.0625. The van der Waals surface area contributed by atoms with Gasteiger partial charge in [0.2, 0.25) is 5.88 Å². The lowest BCUT2D eigenvalue weighted by atomic mass is 10.1. The summed E-state index contributed by atoms with van der Waals surface area (Å²) in [6.45, 7) is 1.84. The number of hydrogen-bond acceptors (Lipinski definition) is 4. The lowest BCUT2D eigenvalue weighted by Crippen LogP contribution is -2.00. The van der Waals surface area contributed by atoms with Crippen LogP contribution in [0.4, 0.5) is 0 Å². The van der Waals surface area contributed by atoms with Crippen LogP contribution in [0.2, 0.25) is 0 Å². The maximum absolute atomic E-state index is 11.2. The van der Waals surface area contributed by atoms with Gasteiger partial charge in [0.05, 0.1) is 11.3 Å². The summed E-state index contributed by atoms with van der Waals surface area (Å²) in [6, 6.07) is 10.7. The summed E-state index contributed by atoms with van der Waals surface area (Å²) >= 11 is 0. The molecule has 21 heavy (non-hydrogen) atoms. The van der Waals surface area contributed by atoms with E-state index in [1.807, 2.05) is 13.0 Å². The molecule has 0 amide bonds. The van der Waals surface area contributed by atoms with Crippen LogP contribution >= 0.6 is 0 Å². The standard InChI is InChI=1S/C16H12N2O3/c1-10-14(7-4-8-17-10)21-15-12-6-3-2-5-11(12)13(9-18-15)16(19)20/h2-9H,1H3,(H,19,20). The number of aryl methyl sites for hydroxylation is 1. The fourth-order valence-electron chi connectivity index (χ4n) is 2.10. The largest absolute Gasteiger partial charge is 0.478 e. The number of aromatic carboxylic acids is 1. The van der Waals surface area contributed by atoms with Gasteiger partial charge in [0.15, 0.2) is 5.75 Å². The smallest absolute Gasteiger partial charge is 0.337 e. The average molecular weight is 280 g/mol. The van der Waals surface area contributed by atoms with Gasteiger partial charge in [-0.1, -0.05) is 18.2 Å². The third-order valence-corrected chi connectivity index (χ3v) is 3.15. The maximum atomic E-state index is 11.2. The molecule has 0 atom stereocenters. The highest BCUT2D eigenvalue weighted by molar-refractivity contribution is 6.04. The van der Waals surface area contributed by atoms with Gasteiger partial charge in [-0.25, -0.2) is 9.78 Å². The highest BCUT2D eigenvalue weighted by Crippen LogP contribution is 2.30. The number of aromatic nitrogens is 2. The van der Waals surface area contributed by atoms with E-state index >= 15 is 0 Å². The zero-order valence-electron chi connectivity index (χ0n) is 11.3. The first kappa shape index (κ1) is 13.1. The number of rotatable bonds is 3. The molecular weight excluding hydrogens is 268 g/mol. The molecule has 2 aromatic heterocycles. The summed E-state index contributed by atoms with van der Waals surface area (Å²) in [7, 11) is 0. The van der Waals surface area contributed by atoms with E-state index in [2.05, 4.69) is 9.97 Å². The van der Waals surface area contributed by atoms with Gasteiger partial charge in [-0.2, -0.15) is 0 Å². The minimum Gasteiger partial charge on any atom is -0.478 e. The van der Waals surface area contributed by atoms with E-state index in [4.69, 9.17) is 4.74 Å². The molecule has 1 aromatic carbocycles. The molecule has 104 valence electrons. The average Bonchev–Trinajstić information content (AvgIpc) is 2.49. The molecule has 0 saturated carbocycles. The zero-order chi connectivity index (χ0) is 14.8. The van der Waals surface area contributed by atoms with E-state index in [0.717, 1.165) is 5.69 Å². The van der Waals surface area contributed by atoms with Gasteiger partial charge in [0.1, 0.15) is 0 Å². The van der Waals surface area contributed by atoms with Gasteiger partial charge in [-0.3, -0.25) is 4.98 Å². The minimum absolute atomic E-state index is 0.154. The maximum Gasteiger partial charge on any atom is 0.337 e. The molecule has 0 aliphatic rings. The molecule has 3 rings (SSSR count). The van der Waals surface area contributed by atoms with Gasteiger partial charge in [-0.15, -0.1) is 0 Å². The van der Waals surface area contributed by atoms with Crippen LogP contribution in [-0.4, -0.2) is 21.0 Å². The normalized spacial score (nSPS) is 10.5. The molecular formula is C16H12N2O3. The number of pyridine rings is 2. The quantitative estimate of drug-likeness (QED) is 0.795. The summed E-state index contributed by atoms with van der Waals surface area (Å²) in [4.78, 5) is 19.5. The molecule has 5 heteroatoms. The first-order valence-electron chi connectivity index (χ1n) is 6.37. The summed E-state index contributed by atoms with van der Waals surface area (Å²) in [5.74, 6) is -0.0484. The van der Waals surface area contributed by atoms with Gasteiger partial charge in [0.25, 0.3) is 0 Å². The van der Waals surface area contributed by atoms with Crippen molar-refractivity contribution in [3.05, 3.63) is 60.0 Å². The summed E-state index contributed by atoms with van der Waals surface area (Å²) < 4.78 is 5.79. The third kappa shape index (κ3) is 2.41. The lowest BCUT2D eigenvalue weighted by Gasteiger charge is -2.10. The Kier molecular flexibility index (Phi) is 3.23. The highest BCUT2D eigenvalue weighted by atomic mass is 16.5. The van der Waals surface area contributed by atoms with E-state index in [0.29, 0.717) is 22.4 Å². The van der Waals surface area contributed by atoms with Crippen molar-refractivity contribution >= 4 is 16.7 Å². The number of benzene rings is 1. The molecule has 0 radical (unpaired) electrons. The number of carboxylic acids is 1. The SMILES string of the molecule is Cc1ncccc1Oc1ncc(C(=O)O)c2ccccc12. The van der Waals surface area contributed by atoms with Gasteiger partial charge in [-0.05, 0) is 25.1 Å². The first-order valence-corrected chi connectivity index (χ1v) is 6.37. The molecule has 3 aromatic rings. The summed E-state index contributed by atoms with van der Waals surface area (Å²) in [6.07, 6.45) is 2.99. The molecule has 0 aliphatic heterocycles. The Morgan fingerprint density at radius 3 is 2.57 bits per heavy atom. The Balaban J connectivity index is 2.14. The third-order valence-electron chi connectivity index (χ3n) is 3.15. The van der Waals surface area contributed by atoms with Crippen molar-refractivity contribution in [2.24, 2.45) is 0 Å². The fourth-order valence-corrected chi connectivity index (χ4v) is 2.10. The molecule has 0 bridgehead atoms. The Labute approximate surface area is 120 Å². The second-order valence-electron chi connectivity index (χ2n) is 4.52. The molecule has 0 unspecified atom stereocenters.